The van der Waals surface area contributed by atoms with E-state index in [4.69, 9.17) is 18.7 Å². The number of hydrogen-bond donors (Lipinski definition) is 0. The molecule has 28 heavy (non-hydrogen) atoms. The summed E-state index contributed by atoms with van der Waals surface area (Å²) in [4.78, 5) is 0. The summed E-state index contributed by atoms with van der Waals surface area (Å²) in [6.45, 7) is 17.0. The molecule has 0 saturated carbocycles. The summed E-state index contributed by atoms with van der Waals surface area (Å²) in [6, 6.07) is 11.7. The van der Waals surface area contributed by atoms with Crippen molar-refractivity contribution in [2.75, 3.05) is 7.11 Å². The van der Waals surface area contributed by atoms with E-state index in [9.17, 15) is 0 Å². The Hall–Kier alpha value is -1.08. The minimum absolute atomic E-state index is 0.325. The van der Waals surface area contributed by atoms with Crippen LogP contribution >= 0.6 is 0 Å². The Morgan fingerprint density at radius 2 is 1.61 bits per heavy atom. The van der Waals surface area contributed by atoms with Crippen LogP contribution in [0.15, 0.2) is 42.2 Å². The van der Waals surface area contributed by atoms with E-state index in [1.54, 1.807) is 7.11 Å². The summed E-state index contributed by atoms with van der Waals surface area (Å²) in [5, 5.41) is 1.44. The van der Waals surface area contributed by atoms with Gasteiger partial charge in [-0.1, -0.05) is 54.7 Å². The van der Waals surface area contributed by atoms with E-state index in [1.165, 1.54) is 5.19 Å². The van der Waals surface area contributed by atoms with E-state index in [2.05, 4.69) is 63.3 Å². The first-order chi connectivity index (χ1) is 12.8. The molecule has 6 heteroatoms. The van der Waals surface area contributed by atoms with Gasteiger partial charge in [-0.2, -0.15) is 0 Å². The molecule has 1 fully saturated rings. The van der Waals surface area contributed by atoms with Crippen LogP contribution in [0.2, 0.25) is 19.1 Å². The van der Waals surface area contributed by atoms with Crippen LogP contribution in [0.4, 0.5) is 0 Å². The maximum atomic E-state index is 6.21. The van der Waals surface area contributed by atoms with Crippen LogP contribution in [0, 0.1) is 0 Å². The second-order valence-corrected chi connectivity index (χ2v) is 14.7. The van der Waals surface area contributed by atoms with Gasteiger partial charge in [-0.05, 0) is 47.6 Å². The molecule has 1 aliphatic rings. The van der Waals surface area contributed by atoms with Crippen molar-refractivity contribution < 1.29 is 18.7 Å². The number of ether oxygens (including phenoxy) is 1. The Balaban J connectivity index is 2.19. The van der Waals surface area contributed by atoms with Crippen LogP contribution in [0.25, 0.3) is 0 Å². The molecular formula is C22H37BO4Si. The average Bonchev–Trinajstić information content (AvgIpc) is 2.80. The van der Waals surface area contributed by atoms with Gasteiger partial charge in [-0.3, -0.25) is 0 Å². The summed E-state index contributed by atoms with van der Waals surface area (Å²) in [5.41, 5.74) is -1.16. The lowest BCUT2D eigenvalue weighted by molar-refractivity contribution is 0.00578. The summed E-state index contributed by atoms with van der Waals surface area (Å²) in [7, 11) is -0.591. The maximum absolute atomic E-state index is 6.21. The van der Waals surface area contributed by atoms with Crippen LogP contribution in [0.3, 0.4) is 0 Å². The number of allylic oxidation sites excluding steroid dienone is 1. The van der Waals surface area contributed by atoms with Gasteiger partial charge in [0.05, 0.1) is 30.6 Å². The van der Waals surface area contributed by atoms with Crippen LogP contribution in [0.5, 0.6) is 0 Å². The third-order valence-electron chi connectivity index (χ3n) is 6.03. The smallest absolute Gasteiger partial charge is 0.516 e. The molecule has 0 spiro atoms. The lowest BCUT2D eigenvalue weighted by atomic mass is 9.90. The quantitative estimate of drug-likeness (QED) is 0.456. The van der Waals surface area contributed by atoms with Gasteiger partial charge in [0, 0.05) is 13.5 Å². The van der Waals surface area contributed by atoms with Crippen molar-refractivity contribution in [2.45, 2.75) is 83.9 Å². The molecule has 0 unspecified atom stereocenters. The second kappa shape index (κ2) is 8.35. The fourth-order valence-electron chi connectivity index (χ4n) is 2.99. The zero-order valence-corrected chi connectivity index (χ0v) is 20.1. The number of methoxy groups -OCH3 is 1. The predicted octanol–water partition coefficient (Wildman–Crippen LogP) is 4.91. The molecule has 0 aliphatic carbocycles. The maximum Gasteiger partial charge on any atom is 0.713 e. The Morgan fingerprint density at radius 3 is 2.11 bits per heavy atom. The van der Waals surface area contributed by atoms with Crippen molar-refractivity contribution in [3.05, 3.63) is 42.2 Å². The van der Waals surface area contributed by atoms with Gasteiger partial charge in [0.1, 0.15) is 0 Å². The molecule has 0 atom stereocenters. The van der Waals surface area contributed by atoms with E-state index in [0.29, 0.717) is 6.42 Å². The number of hydrogen-bond acceptors (Lipinski definition) is 4. The van der Waals surface area contributed by atoms with Crippen molar-refractivity contribution in [1.29, 1.82) is 0 Å². The van der Waals surface area contributed by atoms with E-state index >= 15 is 0 Å². The van der Waals surface area contributed by atoms with Gasteiger partial charge in [0.25, 0.3) is 0 Å². The van der Waals surface area contributed by atoms with Crippen molar-refractivity contribution in [1.82, 2.24) is 0 Å². The van der Waals surface area contributed by atoms with Gasteiger partial charge < -0.3 is 18.7 Å². The first-order valence-corrected chi connectivity index (χ1v) is 13.3. The summed E-state index contributed by atoms with van der Waals surface area (Å²) < 4.78 is 23.9. The lowest BCUT2D eigenvalue weighted by Gasteiger charge is -2.31. The molecule has 156 valence electrons. The normalized spacial score (nSPS) is 19.8. The minimum atomic E-state index is -1.62. The van der Waals surface area contributed by atoms with Crippen LogP contribution in [-0.2, 0) is 18.7 Å². The van der Waals surface area contributed by atoms with Crippen LogP contribution in [0.1, 0.15) is 48.0 Å². The molecule has 0 N–H and O–H groups in total. The predicted molar refractivity (Wildman–Crippen MR) is 119 cm³/mol. The molecule has 0 amide bonds. The fraction of sp³-hybridized carbons (Fsp3) is 0.636. The van der Waals surface area contributed by atoms with Gasteiger partial charge in [-0.15, -0.1) is 0 Å². The third kappa shape index (κ3) is 5.72. The highest BCUT2D eigenvalue weighted by Crippen LogP contribution is 2.38. The van der Waals surface area contributed by atoms with Crippen molar-refractivity contribution in [3.63, 3.8) is 0 Å². The monoisotopic (exact) mass is 404 g/mol. The van der Waals surface area contributed by atoms with Gasteiger partial charge in [0.2, 0.25) is 0 Å². The van der Waals surface area contributed by atoms with Crippen molar-refractivity contribution in [3.8, 4) is 0 Å². The second-order valence-electron chi connectivity index (χ2n) is 9.93. The molecule has 0 aromatic heterocycles. The molecule has 1 aromatic carbocycles. The Bertz CT molecular complexity index is 667. The van der Waals surface area contributed by atoms with Crippen molar-refractivity contribution in [2.24, 2.45) is 0 Å². The molecule has 1 aliphatic heterocycles. The highest BCUT2D eigenvalue weighted by molar-refractivity contribution is 6.90. The summed E-state index contributed by atoms with van der Waals surface area (Å²) >= 11 is 0. The minimum Gasteiger partial charge on any atom is -0.516 e. The number of benzene rings is 1. The molecule has 1 saturated heterocycles. The zero-order chi connectivity index (χ0) is 21.2. The standard InChI is InChI=1S/C22H37BO4Si/c1-20(2,24-7)17-18(25-23-26-21(3,4)22(5,6)27-23)15-16-28(8,9)19-13-11-10-12-14-19/h10-15H,16-17H2,1-9H3/b18-15-. The largest absolute Gasteiger partial charge is 0.713 e. The molecule has 0 radical (unpaired) electrons. The van der Waals surface area contributed by atoms with E-state index < -0.39 is 26.6 Å². The first kappa shape index (κ1) is 23.2. The topological polar surface area (TPSA) is 36.9 Å². The fourth-order valence-corrected chi connectivity index (χ4v) is 5.06. The third-order valence-corrected chi connectivity index (χ3v) is 9.15. The SMILES string of the molecule is COC(C)(C)C/C(=C/C[Si](C)(C)c1ccccc1)OB1OC(C)(C)C(C)(C)O1. The van der Waals surface area contributed by atoms with Gasteiger partial charge in [-0.25, -0.2) is 0 Å². The average molecular weight is 404 g/mol. The highest BCUT2D eigenvalue weighted by Gasteiger charge is 2.54. The van der Waals surface area contributed by atoms with Crippen LogP contribution < -0.4 is 5.19 Å². The van der Waals surface area contributed by atoms with Gasteiger partial charge in [0.15, 0.2) is 0 Å². The molecular weight excluding hydrogens is 367 g/mol. The molecule has 1 aromatic rings. The van der Waals surface area contributed by atoms with E-state index in [0.717, 1.165) is 11.8 Å². The Morgan fingerprint density at radius 1 is 1.07 bits per heavy atom. The summed E-state index contributed by atoms with van der Waals surface area (Å²) in [5.74, 6) is 0.863. The van der Waals surface area contributed by atoms with E-state index in [1.807, 2.05) is 27.7 Å². The van der Waals surface area contributed by atoms with Crippen molar-refractivity contribution >= 4 is 20.6 Å². The molecule has 1 heterocycles. The highest BCUT2D eigenvalue weighted by atomic mass is 28.3. The molecule has 4 nitrogen and oxygen atoms in total. The zero-order valence-electron chi connectivity index (χ0n) is 19.1. The lowest BCUT2D eigenvalue weighted by Crippen LogP contribution is -2.41. The molecule has 2 rings (SSSR count). The van der Waals surface area contributed by atoms with Crippen LogP contribution in [-0.4, -0.2) is 39.3 Å². The summed E-state index contributed by atoms with van der Waals surface area (Å²) in [6.07, 6.45) is 2.87. The number of rotatable bonds is 8. The van der Waals surface area contributed by atoms with Gasteiger partial charge >= 0.3 is 7.32 Å². The Labute approximate surface area is 172 Å². The first-order valence-electron chi connectivity index (χ1n) is 10.1. The Kier molecular flexibility index (Phi) is 6.92. The van der Waals surface area contributed by atoms with E-state index in [-0.39, 0.29) is 5.60 Å². The molecule has 0 bridgehead atoms.